The number of hydrogen-bond acceptors (Lipinski definition) is 8. The fraction of sp³-hybridized carbons (Fsp3) is 0.478. The Morgan fingerprint density at radius 1 is 1.26 bits per heavy atom. The van der Waals surface area contributed by atoms with Gasteiger partial charge < -0.3 is 24.6 Å². The minimum Gasteiger partial charge on any atom is -0.497 e. The lowest BCUT2D eigenvalue weighted by Gasteiger charge is -2.27. The van der Waals surface area contributed by atoms with Gasteiger partial charge in [0.2, 0.25) is 17.8 Å². The Hall–Kier alpha value is -3.05. The molecule has 2 aromatic rings. The Balaban J connectivity index is 1.37. The zero-order valence-corrected chi connectivity index (χ0v) is 20.2. The Labute approximate surface area is 202 Å². The van der Waals surface area contributed by atoms with Gasteiger partial charge in [-0.3, -0.25) is 19.4 Å². The van der Waals surface area contributed by atoms with Crippen LogP contribution < -0.4 is 20.5 Å². The summed E-state index contributed by atoms with van der Waals surface area (Å²) in [5, 5.41) is 2.87. The number of nitrogens with one attached hydrogen (secondary N) is 2. The largest absolute Gasteiger partial charge is 0.497 e. The molecule has 2 aliphatic rings. The fourth-order valence-electron chi connectivity index (χ4n) is 4.00. The van der Waals surface area contributed by atoms with Crippen LogP contribution in [0.4, 0.5) is 11.6 Å². The monoisotopic (exact) mass is 487 g/mol. The maximum absolute atomic E-state index is 13.0. The molecule has 4 rings (SSSR count). The van der Waals surface area contributed by atoms with Crippen LogP contribution in [0.2, 0.25) is 0 Å². The number of benzene rings is 1. The zero-order valence-electron chi connectivity index (χ0n) is 19.3. The number of nitrogens with zero attached hydrogens (tertiary/aromatic N) is 3. The highest BCUT2D eigenvalue weighted by atomic mass is 32.2. The van der Waals surface area contributed by atoms with Crippen LogP contribution in [0.25, 0.3) is 0 Å². The van der Waals surface area contributed by atoms with E-state index in [-0.39, 0.29) is 30.2 Å². The van der Waals surface area contributed by atoms with Crippen LogP contribution in [0.1, 0.15) is 17.7 Å². The van der Waals surface area contributed by atoms with Gasteiger partial charge in [-0.05, 0) is 37.6 Å². The van der Waals surface area contributed by atoms with E-state index in [9.17, 15) is 14.4 Å². The van der Waals surface area contributed by atoms with Crippen LogP contribution in [-0.4, -0.2) is 77.8 Å². The maximum atomic E-state index is 13.0. The molecule has 1 aromatic carbocycles. The number of rotatable bonds is 7. The summed E-state index contributed by atoms with van der Waals surface area (Å²) in [6.45, 7) is 4.33. The molecule has 1 aromatic heterocycles. The second-order valence-corrected chi connectivity index (χ2v) is 9.15. The molecule has 11 heteroatoms. The van der Waals surface area contributed by atoms with E-state index < -0.39 is 6.04 Å². The van der Waals surface area contributed by atoms with Gasteiger partial charge in [-0.25, -0.2) is 4.98 Å². The molecule has 2 amide bonds. The van der Waals surface area contributed by atoms with Gasteiger partial charge in [0.1, 0.15) is 11.8 Å². The Kier molecular flexibility index (Phi) is 7.73. The smallest absolute Gasteiger partial charge is 0.255 e. The van der Waals surface area contributed by atoms with Gasteiger partial charge in [0.15, 0.2) is 0 Å². The second kappa shape index (κ2) is 10.9. The number of anilines is 2. The van der Waals surface area contributed by atoms with Crippen molar-refractivity contribution in [3.8, 4) is 5.75 Å². The van der Waals surface area contributed by atoms with Gasteiger partial charge in [-0.15, -0.1) is 11.8 Å². The van der Waals surface area contributed by atoms with Crippen molar-refractivity contribution in [2.45, 2.75) is 25.8 Å². The first kappa shape index (κ1) is 24.1. The Morgan fingerprint density at radius 2 is 2.00 bits per heavy atom. The van der Waals surface area contributed by atoms with Crippen molar-refractivity contribution >= 4 is 35.2 Å². The van der Waals surface area contributed by atoms with E-state index in [0.717, 1.165) is 0 Å². The lowest BCUT2D eigenvalue weighted by molar-refractivity contribution is -0.136. The molecular weight excluding hydrogens is 458 g/mol. The van der Waals surface area contributed by atoms with E-state index in [0.29, 0.717) is 66.6 Å². The first-order valence-electron chi connectivity index (χ1n) is 11.2. The number of hydrogen-bond donors (Lipinski definition) is 2. The first-order chi connectivity index (χ1) is 16.5. The molecule has 1 unspecified atom stereocenters. The molecular formula is C23H29N5O5S. The summed E-state index contributed by atoms with van der Waals surface area (Å²) < 4.78 is 10.5. The predicted molar refractivity (Wildman–Crippen MR) is 131 cm³/mol. The summed E-state index contributed by atoms with van der Waals surface area (Å²) in [7, 11) is 1.58. The van der Waals surface area contributed by atoms with Crippen molar-refractivity contribution in [3.63, 3.8) is 0 Å². The lowest BCUT2D eigenvalue weighted by atomic mass is 10.1. The van der Waals surface area contributed by atoms with E-state index in [4.69, 9.17) is 9.47 Å². The molecule has 0 saturated carbocycles. The normalized spacial score (nSPS) is 18.1. The van der Waals surface area contributed by atoms with Gasteiger partial charge in [0, 0.05) is 42.2 Å². The number of carbonyl (C=O) groups excluding carboxylic acids is 2. The molecule has 0 spiro atoms. The Morgan fingerprint density at radius 3 is 2.68 bits per heavy atom. The van der Waals surface area contributed by atoms with Crippen LogP contribution in [0.15, 0.2) is 29.1 Å². The molecule has 34 heavy (non-hydrogen) atoms. The number of morpholine rings is 1. The van der Waals surface area contributed by atoms with E-state index in [1.54, 1.807) is 43.2 Å². The molecule has 2 N–H and O–H groups in total. The third-order valence-electron chi connectivity index (χ3n) is 5.97. The summed E-state index contributed by atoms with van der Waals surface area (Å²) >= 11 is 1.54. The van der Waals surface area contributed by atoms with E-state index in [2.05, 4.69) is 15.3 Å². The van der Waals surface area contributed by atoms with Gasteiger partial charge >= 0.3 is 0 Å². The minimum absolute atomic E-state index is 0.134. The van der Waals surface area contributed by atoms with Crippen molar-refractivity contribution in [2.24, 2.45) is 0 Å². The number of thioether (sulfide) groups is 1. The summed E-state index contributed by atoms with van der Waals surface area (Å²) in [5.41, 5.74) is 1.52. The Bertz CT molecular complexity index is 1080. The third-order valence-corrected chi connectivity index (χ3v) is 6.98. The highest BCUT2D eigenvalue weighted by Gasteiger charge is 2.34. The topological polar surface area (TPSA) is 117 Å². The van der Waals surface area contributed by atoms with Gasteiger partial charge in [0.05, 0.1) is 26.2 Å². The molecule has 0 radical (unpaired) electrons. The van der Waals surface area contributed by atoms with Crippen LogP contribution in [0.5, 0.6) is 5.75 Å². The van der Waals surface area contributed by atoms with Crippen LogP contribution in [-0.2, 0) is 20.7 Å². The highest BCUT2D eigenvalue weighted by molar-refractivity contribution is 7.99. The lowest BCUT2D eigenvalue weighted by Crippen LogP contribution is -2.44. The number of amides is 2. The number of aromatic nitrogens is 2. The molecule has 0 bridgehead atoms. The van der Waals surface area contributed by atoms with Crippen molar-refractivity contribution in [3.05, 3.63) is 45.9 Å². The van der Waals surface area contributed by atoms with E-state index in [1.807, 2.05) is 4.90 Å². The SMILES string of the molecule is COc1ccc(NC(=O)C2CSCN2C(=O)CCc2c(C)nc(N3CCOCC3)[nH]c2=O)cc1. The number of aromatic amines is 1. The summed E-state index contributed by atoms with van der Waals surface area (Å²) in [6, 6.07) is 6.49. The minimum atomic E-state index is -0.555. The number of H-pyrrole nitrogens is 1. The summed E-state index contributed by atoms with van der Waals surface area (Å²) in [6.07, 6.45) is 0.403. The molecule has 3 heterocycles. The van der Waals surface area contributed by atoms with E-state index in [1.165, 1.54) is 11.8 Å². The molecule has 2 saturated heterocycles. The van der Waals surface area contributed by atoms with E-state index >= 15 is 0 Å². The van der Waals surface area contributed by atoms with Gasteiger partial charge in [-0.2, -0.15) is 0 Å². The van der Waals surface area contributed by atoms with Crippen LogP contribution in [0.3, 0.4) is 0 Å². The zero-order chi connectivity index (χ0) is 24.1. The number of aryl methyl sites for hydroxylation is 1. The van der Waals surface area contributed by atoms with Gasteiger partial charge in [-0.1, -0.05) is 0 Å². The molecule has 2 aliphatic heterocycles. The summed E-state index contributed by atoms with van der Waals surface area (Å²) in [5.74, 6) is 1.83. The third kappa shape index (κ3) is 5.53. The molecule has 182 valence electrons. The van der Waals surface area contributed by atoms with Crippen LogP contribution in [0, 0.1) is 6.92 Å². The average molecular weight is 488 g/mol. The standard InChI is InChI=1S/C23H29N5O5S/c1-15-18(21(30)26-23(24-15)27-9-11-33-12-10-27)7-8-20(29)28-14-34-13-19(28)22(31)25-16-3-5-17(32-2)6-4-16/h3-6,19H,7-14H2,1-2H3,(H,25,31)(H,24,26,30). The predicted octanol–water partition coefficient (Wildman–Crippen LogP) is 1.40. The number of methoxy groups -OCH3 is 1. The van der Waals surface area contributed by atoms with Crippen molar-refractivity contribution < 1.29 is 19.1 Å². The van der Waals surface area contributed by atoms with Crippen molar-refractivity contribution in [1.82, 2.24) is 14.9 Å². The average Bonchev–Trinajstić information content (AvgIpc) is 3.35. The molecule has 2 fully saturated rings. The highest BCUT2D eigenvalue weighted by Crippen LogP contribution is 2.24. The fourth-order valence-corrected chi connectivity index (χ4v) is 5.18. The molecule has 1 atom stereocenters. The number of ether oxygens (including phenoxy) is 2. The van der Waals surface area contributed by atoms with Crippen molar-refractivity contribution in [2.75, 3.05) is 55.3 Å². The van der Waals surface area contributed by atoms with Crippen LogP contribution >= 0.6 is 11.8 Å². The molecule has 10 nitrogen and oxygen atoms in total. The van der Waals surface area contributed by atoms with Crippen molar-refractivity contribution in [1.29, 1.82) is 0 Å². The van der Waals surface area contributed by atoms with Gasteiger partial charge in [0.25, 0.3) is 5.56 Å². The first-order valence-corrected chi connectivity index (χ1v) is 12.4. The second-order valence-electron chi connectivity index (χ2n) is 8.15. The quantitative estimate of drug-likeness (QED) is 0.602. The molecule has 0 aliphatic carbocycles. The maximum Gasteiger partial charge on any atom is 0.255 e. The number of carbonyl (C=O) groups is 2. The summed E-state index contributed by atoms with van der Waals surface area (Å²) in [4.78, 5) is 49.5.